The van der Waals surface area contributed by atoms with Gasteiger partial charge in [-0.05, 0) is 23.6 Å². The molecule has 0 atom stereocenters. The van der Waals surface area contributed by atoms with Crippen molar-refractivity contribution in [2.24, 2.45) is 0 Å². The molecule has 1 heterocycles. The average molecular weight is 296 g/mol. The number of ether oxygens (including phenoxy) is 1. The van der Waals surface area contributed by atoms with Gasteiger partial charge >= 0.3 is 5.97 Å². The number of hydrogen-bond acceptors (Lipinski definition) is 5. The van der Waals surface area contributed by atoms with Crippen LogP contribution in [0.25, 0.3) is 10.4 Å². The molecule has 6 heteroatoms. The molecule has 2 rings (SSSR count). The van der Waals surface area contributed by atoms with E-state index in [9.17, 15) is 13.2 Å². The third kappa shape index (κ3) is 2.85. The smallest absolute Gasteiger partial charge is 0.338 e. The van der Waals surface area contributed by atoms with Gasteiger partial charge < -0.3 is 4.74 Å². The Morgan fingerprint density at radius 3 is 2.53 bits per heavy atom. The second-order valence-electron chi connectivity index (χ2n) is 3.95. The third-order valence-corrected chi connectivity index (χ3v) is 4.62. The highest BCUT2D eigenvalue weighted by molar-refractivity contribution is 7.90. The van der Waals surface area contributed by atoms with E-state index in [2.05, 4.69) is 0 Å². The van der Waals surface area contributed by atoms with Crippen LogP contribution in [0.15, 0.2) is 40.6 Å². The van der Waals surface area contributed by atoms with Gasteiger partial charge in [0, 0.05) is 16.7 Å². The number of carbonyl (C=O) groups excluding carboxylic acids is 1. The van der Waals surface area contributed by atoms with Crippen molar-refractivity contribution in [1.82, 2.24) is 0 Å². The Kier molecular flexibility index (Phi) is 3.73. The molecule has 0 saturated heterocycles. The largest absolute Gasteiger partial charge is 0.465 e. The normalized spacial score (nSPS) is 11.3. The van der Waals surface area contributed by atoms with Gasteiger partial charge in [0.25, 0.3) is 0 Å². The molecule has 1 aromatic heterocycles. The summed E-state index contributed by atoms with van der Waals surface area (Å²) in [4.78, 5) is 12.8. The number of carbonyl (C=O) groups is 1. The lowest BCUT2D eigenvalue weighted by molar-refractivity contribution is 0.0601. The van der Waals surface area contributed by atoms with E-state index in [0.29, 0.717) is 5.56 Å². The van der Waals surface area contributed by atoms with Gasteiger partial charge in [0.2, 0.25) is 0 Å². The molecule has 0 saturated carbocycles. The van der Waals surface area contributed by atoms with Gasteiger partial charge in [-0.25, -0.2) is 13.2 Å². The van der Waals surface area contributed by atoms with E-state index in [-0.39, 0.29) is 10.5 Å². The summed E-state index contributed by atoms with van der Waals surface area (Å²) in [5.74, 6) is -0.547. The van der Waals surface area contributed by atoms with Gasteiger partial charge in [0.15, 0.2) is 9.84 Å². The summed E-state index contributed by atoms with van der Waals surface area (Å²) in [5, 5.41) is 1.89. The molecule has 0 aliphatic heterocycles. The van der Waals surface area contributed by atoms with Crippen molar-refractivity contribution in [1.29, 1.82) is 0 Å². The van der Waals surface area contributed by atoms with E-state index in [0.717, 1.165) is 11.1 Å². The molecular weight excluding hydrogens is 284 g/mol. The Balaban J connectivity index is 2.66. The molecule has 0 spiro atoms. The van der Waals surface area contributed by atoms with Crippen molar-refractivity contribution in [3.8, 4) is 10.4 Å². The van der Waals surface area contributed by atoms with Crippen LogP contribution in [-0.4, -0.2) is 27.8 Å². The van der Waals surface area contributed by atoms with Crippen LogP contribution in [0.3, 0.4) is 0 Å². The quantitative estimate of drug-likeness (QED) is 0.817. The van der Waals surface area contributed by atoms with Crippen LogP contribution in [0.4, 0.5) is 0 Å². The van der Waals surface area contributed by atoms with Crippen molar-refractivity contribution in [3.63, 3.8) is 0 Å². The predicted octanol–water partition coefficient (Wildman–Crippen LogP) is 2.61. The Hall–Kier alpha value is -1.66. The summed E-state index contributed by atoms with van der Waals surface area (Å²) >= 11 is 1.47. The topological polar surface area (TPSA) is 60.4 Å². The minimum atomic E-state index is -3.36. The number of rotatable bonds is 3. The van der Waals surface area contributed by atoms with Crippen molar-refractivity contribution in [2.75, 3.05) is 13.4 Å². The van der Waals surface area contributed by atoms with Crippen molar-refractivity contribution < 1.29 is 17.9 Å². The van der Waals surface area contributed by atoms with E-state index in [1.54, 1.807) is 6.07 Å². The number of hydrogen-bond donors (Lipinski definition) is 0. The SMILES string of the molecule is COC(=O)c1cc(S(C)(=O)=O)ccc1-c1cccs1. The van der Waals surface area contributed by atoms with E-state index in [1.165, 1.54) is 30.6 Å². The van der Waals surface area contributed by atoms with Gasteiger partial charge in [-0.3, -0.25) is 0 Å². The molecule has 0 amide bonds. The zero-order valence-electron chi connectivity index (χ0n) is 10.4. The van der Waals surface area contributed by atoms with E-state index in [4.69, 9.17) is 4.74 Å². The second-order valence-corrected chi connectivity index (χ2v) is 6.91. The summed E-state index contributed by atoms with van der Waals surface area (Å²) in [6.45, 7) is 0. The Bertz CT molecular complexity index is 700. The minimum Gasteiger partial charge on any atom is -0.465 e. The predicted molar refractivity (Wildman–Crippen MR) is 74.2 cm³/mol. The first-order chi connectivity index (χ1) is 8.93. The van der Waals surface area contributed by atoms with Gasteiger partial charge in [0.1, 0.15) is 0 Å². The van der Waals surface area contributed by atoms with Crippen LogP contribution in [-0.2, 0) is 14.6 Å². The van der Waals surface area contributed by atoms with Crippen LogP contribution in [0.5, 0.6) is 0 Å². The zero-order valence-corrected chi connectivity index (χ0v) is 12.0. The summed E-state index contributed by atoms with van der Waals surface area (Å²) < 4.78 is 27.8. The first-order valence-electron chi connectivity index (χ1n) is 5.40. The molecule has 19 heavy (non-hydrogen) atoms. The highest BCUT2D eigenvalue weighted by atomic mass is 32.2. The molecule has 0 radical (unpaired) electrons. The Labute approximate surface area is 115 Å². The highest BCUT2D eigenvalue weighted by Crippen LogP contribution is 2.30. The van der Waals surface area contributed by atoms with Crippen LogP contribution in [0, 0.1) is 0 Å². The third-order valence-electron chi connectivity index (χ3n) is 2.61. The number of benzene rings is 1. The maximum Gasteiger partial charge on any atom is 0.338 e. The fraction of sp³-hybridized carbons (Fsp3) is 0.154. The Morgan fingerprint density at radius 2 is 2.00 bits per heavy atom. The maximum absolute atomic E-state index is 11.8. The van der Waals surface area contributed by atoms with Crippen LogP contribution in [0.2, 0.25) is 0 Å². The minimum absolute atomic E-state index is 0.105. The van der Waals surface area contributed by atoms with Crippen LogP contribution < -0.4 is 0 Å². The average Bonchev–Trinajstić information content (AvgIpc) is 2.89. The molecule has 0 aliphatic carbocycles. The van der Waals surface area contributed by atoms with Gasteiger partial charge in [0.05, 0.1) is 17.6 Å². The monoisotopic (exact) mass is 296 g/mol. The Morgan fingerprint density at radius 1 is 1.26 bits per heavy atom. The first-order valence-corrected chi connectivity index (χ1v) is 8.17. The standard InChI is InChI=1S/C13H12O4S2/c1-17-13(14)11-8-9(19(2,15)16)5-6-10(11)12-4-3-7-18-12/h3-8H,1-2H3. The molecule has 0 unspecified atom stereocenters. The molecule has 0 bridgehead atoms. The fourth-order valence-electron chi connectivity index (χ4n) is 1.68. The number of sulfone groups is 1. The molecule has 1 aromatic carbocycles. The van der Waals surface area contributed by atoms with Crippen molar-refractivity contribution >= 4 is 27.1 Å². The molecule has 0 fully saturated rings. The number of esters is 1. The molecule has 0 N–H and O–H groups in total. The van der Waals surface area contributed by atoms with Crippen LogP contribution in [0.1, 0.15) is 10.4 Å². The summed E-state index contributed by atoms with van der Waals surface area (Å²) in [6.07, 6.45) is 1.11. The lowest BCUT2D eigenvalue weighted by atomic mass is 10.1. The first kappa shape index (κ1) is 13.8. The van der Waals surface area contributed by atoms with Gasteiger partial charge in [-0.1, -0.05) is 12.1 Å². The molecule has 4 nitrogen and oxygen atoms in total. The van der Waals surface area contributed by atoms with Gasteiger partial charge in [-0.15, -0.1) is 11.3 Å². The summed E-state index contributed by atoms with van der Waals surface area (Å²) in [6, 6.07) is 8.22. The lowest BCUT2D eigenvalue weighted by Gasteiger charge is -2.08. The van der Waals surface area contributed by atoms with Crippen molar-refractivity contribution in [3.05, 3.63) is 41.3 Å². The fourth-order valence-corrected chi connectivity index (χ4v) is 3.09. The highest BCUT2D eigenvalue weighted by Gasteiger charge is 2.18. The number of methoxy groups -OCH3 is 1. The van der Waals surface area contributed by atoms with E-state index in [1.807, 2.05) is 17.5 Å². The molecular formula is C13H12O4S2. The maximum atomic E-state index is 11.8. The van der Waals surface area contributed by atoms with Crippen molar-refractivity contribution in [2.45, 2.75) is 4.90 Å². The van der Waals surface area contributed by atoms with E-state index >= 15 is 0 Å². The molecule has 0 aliphatic rings. The van der Waals surface area contributed by atoms with E-state index < -0.39 is 15.8 Å². The number of thiophene rings is 1. The second kappa shape index (κ2) is 5.14. The summed E-state index contributed by atoms with van der Waals surface area (Å²) in [5.41, 5.74) is 0.933. The van der Waals surface area contributed by atoms with Crippen LogP contribution >= 0.6 is 11.3 Å². The summed E-state index contributed by atoms with van der Waals surface area (Å²) in [7, 11) is -2.09. The molecule has 100 valence electrons. The van der Waals surface area contributed by atoms with Gasteiger partial charge in [-0.2, -0.15) is 0 Å². The zero-order chi connectivity index (χ0) is 14.0. The molecule has 2 aromatic rings. The lowest BCUT2D eigenvalue weighted by Crippen LogP contribution is -2.06.